The monoisotopic (exact) mass is 359 g/mol. The van der Waals surface area contributed by atoms with Crippen LogP contribution in [0.1, 0.15) is 16.8 Å². The molecule has 0 unspecified atom stereocenters. The fourth-order valence-corrected chi connectivity index (χ4v) is 2.83. The van der Waals surface area contributed by atoms with E-state index in [1.807, 2.05) is 0 Å². The Hall–Kier alpha value is -2.94. The van der Waals surface area contributed by atoms with Crippen molar-refractivity contribution in [1.29, 1.82) is 0 Å². The molecule has 1 saturated heterocycles. The summed E-state index contributed by atoms with van der Waals surface area (Å²) in [4.78, 5) is 29.1. The average molecular weight is 359 g/mol. The summed E-state index contributed by atoms with van der Waals surface area (Å²) in [6, 6.07) is 4.68. The van der Waals surface area contributed by atoms with Gasteiger partial charge in [0, 0.05) is 38.9 Å². The normalized spacial score (nSPS) is 17.1. The van der Waals surface area contributed by atoms with Crippen molar-refractivity contribution < 1.29 is 14.6 Å². The second-order valence-electron chi connectivity index (χ2n) is 6.03. The van der Waals surface area contributed by atoms with Crippen LogP contribution < -0.4 is 15.8 Å². The molecule has 26 heavy (non-hydrogen) atoms. The molecule has 0 saturated carbocycles. The van der Waals surface area contributed by atoms with Gasteiger partial charge in [-0.3, -0.25) is 4.79 Å². The maximum atomic E-state index is 11.8. The summed E-state index contributed by atoms with van der Waals surface area (Å²) >= 11 is 0. The number of morpholine rings is 1. The lowest BCUT2D eigenvalue weighted by molar-refractivity contribution is 0.0374. The zero-order valence-electron chi connectivity index (χ0n) is 14.5. The summed E-state index contributed by atoms with van der Waals surface area (Å²) in [7, 11) is 1.61. The molecule has 0 aromatic carbocycles. The zero-order valence-corrected chi connectivity index (χ0v) is 14.5. The van der Waals surface area contributed by atoms with Crippen molar-refractivity contribution in [3.05, 3.63) is 46.5 Å². The van der Waals surface area contributed by atoms with Crippen LogP contribution >= 0.6 is 0 Å². The first-order chi connectivity index (χ1) is 12.5. The van der Waals surface area contributed by atoms with Crippen molar-refractivity contribution >= 4 is 17.5 Å². The average Bonchev–Trinajstić information content (AvgIpc) is 2.64. The van der Waals surface area contributed by atoms with Gasteiger partial charge in [-0.2, -0.15) is 5.10 Å². The molecule has 0 amide bonds. The van der Waals surface area contributed by atoms with Crippen molar-refractivity contribution in [3.8, 4) is 0 Å². The maximum Gasteiger partial charge on any atom is 0.339 e. The van der Waals surface area contributed by atoms with Gasteiger partial charge >= 0.3 is 5.97 Å². The van der Waals surface area contributed by atoms with E-state index in [-0.39, 0.29) is 17.2 Å². The molecule has 2 N–H and O–H groups in total. The van der Waals surface area contributed by atoms with Crippen molar-refractivity contribution in [2.24, 2.45) is 7.05 Å². The van der Waals surface area contributed by atoms with Crippen LogP contribution in [-0.4, -0.2) is 58.2 Å². The predicted molar refractivity (Wildman–Crippen MR) is 95.7 cm³/mol. The highest BCUT2D eigenvalue weighted by Crippen LogP contribution is 2.17. The van der Waals surface area contributed by atoms with Gasteiger partial charge in [0.1, 0.15) is 11.4 Å². The molecule has 1 fully saturated rings. The number of rotatable bonds is 6. The number of carboxylic acid groups (broad SMARTS) is 1. The molecule has 2 aromatic rings. The van der Waals surface area contributed by atoms with Crippen LogP contribution in [0.3, 0.4) is 0 Å². The largest absolute Gasteiger partial charge is 0.478 e. The van der Waals surface area contributed by atoms with Gasteiger partial charge in [-0.1, -0.05) is 0 Å². The van der Waals surface area contributed by atoms with E-state index >= 15 is 0 Å². The predicted octanol–water partition coefficient (Wildman–Crippen LogP) is 0.581. The number of hydrogen-bond acceptors (Lipinski definition) is 7. The number of carbonyl (C=O) groups is 1. The lowest BCUT2D eigenvalue weighted by Crippen LogP contribution is -2.43. The Labute approximate surface area is 150 Å². The molecule has 0 radical (unpaired) electrons. The molecule has 138 valence electrons. The number of pyridine rings is 1. The number of ether oxygens (including phenoxy) is 1. The smallest absolute Gasteiger partial charge is 0.339 e. The van der Waals surface area contributed by atoms with Gasteiger partial charge in [-0.15, -0.1) is 0 Å². The lowest BCUT2D eigenvalue weighted by atomic mass is 10.2. The summed E-state index contributed by atoms with van der Waals surface area (Å²) in [5.41, 5.74) is 0.778. The number of aryl methyl sites for hydroxylation is 1. The number of carboxylic acids is 1. The number of aromatic nitrogens is 3. The summed E-state index contributed by atoms with van der Waals surface area (Å²) < 4.78 is 7.07. The SMILES string of the molecule is Cn1ncc(N2CCO[C@@H](CCNc3ncccc3C(=O)O)C2)cc1=O. The van der Waals surface area contributed by atoms with Gasteiger partial charge in [0.25, 0.3) is 5.56 Å². The first-order valence-corrected chi connectivity index (χ1v) is 8.36. The Morgan fingerprint density at radius 2 is 2.35 bits per heavy atom. The first kappa shape index (κ1) is 17.9. The third-order valence-corrected chi connectivity index (χ3v) is 4.25. The van der Waals surface area contributed by atoms with E-state index in [0.717, 1.165) is 5.69 Å². The fraction of sp³-hybridized carbons (Fsp3) is 0.412. The van der Waals surface area contributed by atoms with Gasteiger partial charge in [-0.05, 0) is 18.6 Å². The van der Waals surface area contributed by atoms with E-state index in [9.17, 15) is 14.7 Å². The Morgan fingerprint density at radius 1 is 1.50 bits per heavy atom. The van der Waals surface area contributed by atoms with E-state index in [4.69, 9.17) is 4.74 Å². The quantitative estimate of drug-likeness (QED) is 0.771. The van der Waals surface area contributed by atoms with Crippen LogP contribution in [0.4, 0.5) is 11.5 Å². The zero-order chi connectivity index (χ0) is 18.5. The lowest BCUT2D eigenvalue weighted by Gasteiger charge is -2.34. The van der Waals surface area contributed by atoms with Crippen molar-refractivity contribution in [2.75, 3.05) is 36.5 Å². The first-order valence-electron chi connectivity index (χ1n) is 8.36. The molecule has 2 aromatic heterocycles. The fourth-order valence-electron chi connectivity index (χ4n) is 2.83. The second-order valence-corrected chi connectivity index (χ2v) is 6.03. The molecule has 3 rings (SSSR count). The van der Waals surface area contributed by atoms with Gasteiger partial charge in [-0.25, -0.2) is 14.5 Å². The molecular weight excluding hydrogens is 338 g/mol. The standard InChI is InChI=1S/C17H21N5O4/c1-21-15(23)9-12(10-20-21)22-7-8-26-13(11-22)4-6-19-16-14(17(24)25)3-2-5-18-16/h2-3,5,9-10,13H,4,6-8,11H2,1H3,(H,18,19)(H,24,25)/t13-/m0/s1. The van der Waals surface area contributed by atoms with Crippen molar-refractivity contribution in [2.45, 2.75) is 12.5 Å². The van der Waals surface area contributed by atoms with E-state index in [1.54, 1.807) is 31.6 Å². The highest BCUT2D eigenvalue weighted by atomic mass is 16.5. The summed E-state index contributed by atoms with van der Waals surface area (Å²) in [5, 5.41) is 16.3. The molecule has 1 aliphatic rings. The van der Waals surface area contributed by atoms with E-state index in [0.29, 0.717) is 38.5 Å². The second kappa shape index (κ2) is 7.96. The molecule has 9 nitrogen and oxygen atoms in total. The van der Waals surface area contributed by atoms with Crippen LogP contribution in [0.25, 0.3) is 0 Å². The molecule has 0 aliphatic carbocycles. The van der Waals surface area contributed by atoms with Gasteiger partial charge in [0.15, 0.2) is 0 Å². The van der Waals surface area contributed by atoms with E-state index in [1.165, 1.54) is 10.7 Å². The molecule has 1 atom stereocenters. The van der Waals surface area contributed by atoms with Crippen molar-refractivity contribution in [3.63, 3.8) is 0 Å². The van der Waals surface area contributed by atoms with E-state index in [2.05, 4.69) is 20.3 Å². The van der Waals surface area contributed by atoms with Gasteiger partial charge < -0.3 is 20.1 Å². The van der Waals surface area contributed by atoms with Gasteiger partial charge in [0.2, 0.25) is 0 Å². The van der Waals surface area contributed by atoms with Crippen molar-refractivity contribution in [1.82, 2.24) is 14.8 Å². The van der Waals surface area contributed by atoms with Crippen LogP contribution in [0.15, 0.2) is 35.4 Å². The molecule has 0 bridgehead atoms. The van der Waals surface area contributed by atoms with Crippen LogP contribution in [-0.2, 0) is 11.8 Å². The minimum Gasteiger partial charge on any atom is -0.478 e. The maximum absolute atomic E-state index is 11.8. The number of nitrogens with one attached hydrogen (secondary N) is 1. The third-order valence-electron chi connectivity index (χ3n) is 4.25. The van der Waals surface area contributed by atoms with Crippen LogP contribution in [0.5, 0.6) is 0 Å². The third kappa shape index (κ3) is 4.17. The molecule has 0 spiro atoms. The van der Waals surface area contributed by atoms with Gasteiger partial charge in [0.05, 0.1) is 24.6 Å². The minimum absolute atomic E-state index is 0.0303. The topological polar surface area (TPSA) is 110 Å². The molecule has 1 aliphatic heterocycles. The molecular formula is C17H21N5O4. The van der Waals surface area contributed by atoms with Crippen LogP contribution in [0.2, 0.25) is 0 Å². The molecule has 9 heteroatoms. The Bertz CT molecular complexity index is 838. The molecule has 3 heterocycles. The number of nitrogens with zero attached hydrogens (tertiary/aromatic N) is 4. The van der Waals surface area contributed by atoms with E-state index < -0.39 is 5.97 Å². The summed E-state index contributed by atoms with van der Waals surface area (Å²) in [5.74, 6) is -0.665. The Kier molecular flexibility index (Phi) is 5.47. The number of hydrogen-bond donors (Lipinski definition) is 2. The highest BCUT2D eigenvalue weighted by molar-refractivity contribution is 5.92. The Morgan fingerprint density at radius 3 is 3.12 bits per heavy atom. The van der Waals surface area contributed by atoms with Crippen LogP contribution in [0, 0.1) is 0 Å². The Balaban J connectivity index is 1.57. The number of anilines is 2. The summed E-state index contributed by atoms with van der Waals surface area (Å²) in [6.07, 6.45) is 3.88. The highest BCUT2D eigenvalue weighted by Gasteiger charge is 2.21. The number of aromatic carboxylic acids is 1. The summed E-state index contributed by atoms with van der Waals surface area (Å²) in [6.45, 7) is 2.43. The minimum atomic E-state index is -1.01.